The van der Waals surface area contributed by atoms with Crippen LogP contribution in [0.25, 0.3) is 0 Å². The van der Waals surface area contributed by atoms with Crippen molar-refractivity contribution in [3.8, 4) is 0 Å². The molecule has 28 heavy (non-hydrogen) atoms. The summed E-state index contributed by atoms with van der Waals surface area (Å²) in [4.78, 5) is 14.4. The van der Waals surface area contributed by atoms with Crippen LogP contribution in [0, 0.1) is 0 Å². The molecular weight excluding hydrogens is 378 g/mol. The van der Waals surface area contributed by atoms with Crippen LogP contribution in [0.4, 0.5) is 11.4 Å². The maximum absolute atomic E-state index is 12.1. The third kappa shape index (κ3) is 7.07. The fourth-order valence-electron chi connectivity index (χ4n) is 3.16. The first-order valence-corrected chi connectivity index (χ1v) is 11.5. The number of morpholine rings is 1. The lowest BCUT2D eigenvalue weighted by Gasteiger charge is -2.36. The van der Waals surface area contributed by atoms with Crippen molar-refractivity contribution in [3.05, 3.63) is 24.3 Å². The van der Waals surface area contributed by atoms with E-state index in [0.717, 1.165) is 24.5 Å². The zero-order valence-corrected chi connectivity index (χ0v) is 18.1. The van der Waals surface area contributed by atoms with Gasteiger partial charge in [0.2, 0.25) is 15.9 Å². The van der Waals surface area contributed by atoms with E-state index in [-0.39, 0.29) is 18.1 Å². The van der Waals surface area contributed by atoms with Crippen LogP contribution in [0.2, 0.25) is 0 Å². The Balaban J connectivity index is 1.72. The number of carbonyl (C=O) groups excluding carboxylic acids is 1. The number of rotatable bonds is 9. The molecule has 7 nitrogen and oxygen atoms in total. The number of nitrogens with zero attached hydrogens (tertiary/aromatic N) is 1. The minimum atomic E-state index is -3.23. The summed E-state index contributed by atoms with van der Waals surface area (Å²) in [5, 5.41) is 2.45. The van der Waals surface area contributed by atoms with Crippen molar-refractivity contribution >= 4 is 27.3 Å². The summed E-state index contributed by atoms with van der Waals surface area (Å²) in [7, 11) is -3.23. The fourth-order valence-corrected chi connectivity index (χ4v) is 3.92. The standard InChI is InChI=1S/C20H33N3O4S/c1-15(2)28(25,26)21-12-6-5-7-20(24)22-18-8-10-19(11-9-18)23-13-16(3)27-17(4)14-23/h8-11,15-17,21H,5-7,12-14H2,1-4H3,(H,22,24). The van der Waals surface area contributed by atoms with Gasteiger partial charge in [0.25, 0.3) is 0 Å². The van der Waals surface area contributed by atoms with Gasteiger partial charge in [-0.1, -0.05) is 0 Å². The van der Waals surface area contributed by atoms with Gasteiger partial charge < -0.3 is 15.0 Å². The van der Waals surface area contributed by atoms with Crippen molar-refractivity contribution in [1.29, 1.82) is 0 Å². The maximum Gasteiger partial charge on any atom is 0.224 e. The SMILES string of the molecule is CC1CN(c2ccc(NC(=O)CCCCNS(=O)(=O)C(C)C)cc2)CC(C)O1. The maximum atomic E-state index is 12.1. The highest BCUT2D eigenvalue weighted by Crippen LogP contribution is 2.22. The average molecular weight is 412 g/mol. The Labute approximate surface area is 168 Å². The van der Waals surface area contributed by atoms with Crippen molar-refractivity contribution < 1.29 is 17.9 Å². The Hall–Kier alpha value is -1.64. The largest absolute Gasteiger partial charge is 0.372 e. The molecule has 0 bridgehead atoms. The lowest BCUT2D eigenvalue weighted by atomic mass is 10.2. The summed E-state index contributed by atoms with van der Waals surface area (Å²) in [6, 6.07) is 7.85. The van der Waals surface area contributed by atoms with Crippen LogP contribution in [0.1, 0.15) is 47.0 Å². The molecule has 2 N–H and O–H groups in total. The van der Waals surface area contributed by atoms with Crippen LogP contribution < -0.4 is 14.9 Å². The van der Waals surface area contributed by atoms with Crippen LogP contribution >= 0.6 is 0 Å². The summed E-state index contributed by atoms with van der Waals surface area (Å²) in [5.74, 6) is -0.0620. The molecule has 2 rings (SSSR count). The number of sulfonamides is 1. The molecule has 2 atom stereocenters. The number of unbranched alkanes of at least 4 members (excludes halogenated alkanes) is 1. The topological polar surface area (TPSA) is 87.7 Å². The number of nitrogens with one attached hydrogen (secondary N) is 2. The fraction of sp³-hybridized carbons (Fsp3) is 0.650. The Kier molecular flexibility index (Phi) is 8.27. The van der Waals surface area contributed by atoms with E-state index in [2.05, 4.69) is 28.8 Å². The van der Waals surface area contributed by atoms with Gasteiger partial charge in [0.15, 0.2) is 0 Å². The monoisotopic (exact) mass is 411 g/mol. The number of amides is 1. The molecule has 0 saturated carbocycles. The number of hydrogen-bond acceptors (Lipinski definition) is 5. The summed E-state index contributed by atoms with van der Waals surface area (Å²) in [5.41, 5.74) is 1.89. The second-order valence-corrected chi connectivity index (χ2v) is 10.0. The molecule has 1 aliphatic rings. The number of hydrogen-bond donors (Lipinski definition) is 2. The van der Waals surface area contributed by atoms with Crippen molar-refractivity contribution in [2.24, 2.45) is 0 Å². The van der Waals surface area contributed by atoms with E-state index in [1.165, 1.54) is 0 Å². The molecule has 1 aliphatic heterocycles. The van der Waals surface area contributed by atoms with E-state index in [1.54, 1.807) is 13.8 Å². The van der Waals surface area contributed by atoms with E-state index < -0.39 is 15.3 Å². The molecular formula is C20H33N3O4S. The zero-order valence-electron chi connectivity index (χ0n) is 17.3. The quantitative estimate of drug-likeness (QED) is 0.610. The van der Waals surface area contributed by atoms with Crippen LogP contribution in [0.15, 0.2) is 24.3 Å². The van der Waals surface area contributed by atoms with Gasteiger partial charge in [-0.25, -0.2) is 13.1 Å². The van der Waals surface area contributed by atoms with E-state index in [1.807, 2.05) is 24.3 Å². The van der Waals surface area contributed by atoms with Crippen molar-refractivity contribution in [1.82, 2.24) is 4.72 Å². The van der Waals surface area contributed by atoms with Gasteiger partial charge in [0, 0.05) is 37.4 Å². The van der Waals surface area contributed by atoms with Gasteiger partial charge in [-0.05, 0) is 64.8 Å². The minimum Gasteiger partial charge on any atom is -0.372 e. The first-order chi connectivity index (χ1) is 13.2. The molecule has 0 aliphatic carbocycles. The molecule has 0 spiro atoms. The smallest absolute Gasteiger partial charge is 0.224 e. The molecule has 8 heteroatoms. The Morgan fingerprint density at radius 2 is 1.75 bits per heavy atom. The third-order valence-corrected chi connectivity index (χ3v) is 6.54. The summed E-state index contributed by atoms with van der Waals surface area (Å²) in [6.07, 6.45) is 2.03. The van der Waals surface area contributed by atoms with Crippen LogP contribution in [0.3, 0.4) is 0 Å². The van der Waals surface area contributed by atoms with Gasteiger partial charge in [-0.2, -0.15) is 0 Å². The predicted octanol–water partition coefficient (Wildman–Crippen LogP) is 2.74. The Morgan fingerprint density at radius 3 is 2.32 bits per heavy atom. The molecule has 0 radical (unpaired) electrons. The summed E-state index contributed by atoms with van der Waals surface area (Å²) < 4.78 is 31.6. The van der Waals surface area contributed by atoms with Crippen molar-refractivity contribution in [3.63, 3.8) is 0 Å². The van der Waals surface area contributed by atoms with Crippen LogP contribution in [-0.4, -0.2) is 51.4 Å². The van der Waals surface area contributed by atoms with Crippen molar-refractivity contribution in [2.45, 2.75) is 64.4 Å². The van der Waals surface area contributed by atoms with Crippen LogP contribution in [0.5, 0.6) is 0 Å². The van der Waals surface area contributed by atoms with Gasteiger partial charge in [-0.3, -0.25) is 4.79 Å². The second-order valence-electron chi connectivity index (χ2n) is 7.70. The molecule has 1 aromatic rings. The highest BCUT2D eigenvalue weighted by atomic mass is 32.2. The first kappa shape index (κ1) is 22.6. The van der Waals surface area contributed by atoms with Crippen LogP contribution in [-0.2, 0) is 19.6 Å². The van der Waals surface area contributed by atoms with Gasteiger partial charge in [0.05, 0.1) is 17.5 Å². The molecule has 1 saturated heterocycles. The van der Waals surface area contributed by atoms with E-state index in [0.29, 0.717) is 25.8 Å². The summed E-state index contributed by atoms with van der Waals surface area (Å²) >= 11 is 0. The highest BCUT2D eigenvalue weighted by molar-refractivity contribution is 7.90. The molecule has 158 valence electrons. The lowest BCUT2D eigenvalue weighted by Crippen LogP contribution is -2.45. The number of carbonyl (C=O) groups is 1. The Bertz CT molecular complexity index is 724. The predicted molar refractivity (Wildman–Crippen MR) is 113 cm³/mol. The molecule has 0 aromatic heterocycles. The van der Waals surface area contributed by atoms with Crippen molar-refractivity contribution in [2.75, 3.05) is 29.9 Å². The minimum absolute atomic E-state index is 0.0620. The number of ether oxygens (including phenoxy) is 1. The molecule has 1 fully saturated rings. The lowest BCUT2D eigenvalue weighted by molar-refractivity contribution is -0.116. The number of anilines is 2. The second kappa shape index (κ2) is 10.2. The van der Waals surface area contributed by atoms with E-state index in [4.69, 9.17) is 4.74 Å². The average Bonchev–Trinajstić information content (AvgIpc) is 2.61. The normalized spacial score (nSPS) is 20.4. The highest BCUT2D eigenvalue weighted by Gasteiger charge is 2.22. The zero-order chi connectivity index (χ0) is 20.7. The van der Waals surface area contributed by atoms with Gasteiger partial charge in [-0.15, -0.1) is 0 Å². The van der Waals surface area contributed by atoms with E-state index in [9.17, 15) is 13.2 Å². The number of benzene rings is 1. The summed E-state index contributed by atoms with van der Waals surface area (Å²) in [6.45, 7) is 9.50. The molecule has 1 heterocycles. The molecule has 1 aromatic carbocycles. The van der Waals surface area contributed by atoms with Gasteiger partial charge >= 0.3 is 0 Å². The van der Waals surface area contributed by atoms with E-state index >= 15 is 0 Å². The molecule has 2 unspecified atom stereocenters. The third-order valence-electron chi connectivity index (χ3n) is 4.69. The van der Waals surface area contributed by atoms with Gasteiger partial charge in [0.1, 0.15) is 0 Å². The molecule has 1 amide bonds. The Morgan fingerprint density at radius 1 is 1.14 bits per heavy atom. The first-order valence-electron chi connectivity index (χ1n) is 9.96.